The minimum Gasteiger partial charge on any atom is -0.369 e. The molecule has 0 bridgehead atoms. The predicted octanol–water partition coefficient (Wildman–Crippen LogP) is 1.77. The van der Waals surface area contributed by atoms with E-state index in [0.717, 1.165) is 22.9 Å². The molecule has 100 valence electrons. The standard InChI is InChI=1S/C14H15BrN2O2/c15-11-3-1-10(2-4-11)14(5-6-14)17-8-9(13(16)19)7-12(17)18/h1-4,9H,5-8H2,(H2,16,19). The first-order chi connectivity index (χ1) is 9.03. The summed E-state index contributed by atoms with van der Waals surface area (Å²) in [4.78, 5) is 25.2. The maximum atomic E-state index is 12.1. The molecule has 1 unspecified atom stereocenters. The molecule has 5 heteroatoms. The van der Waals surface area contributed by atoms with Crippen molar-refractivity contribution in [3.8, 4) is 0 Å². The third-order valence-corrected chi connectivity index (χ3v) is 4.68. The van der Waals surface area contributed by atoms with Crippen LogP contribution in [0.3, 0.4) is 0 Å². The van der Waals surface area contributed by atoms with Gasteiger partial charge in [-0.05, 0) is 30.5 Å². The van der Waals surface area contributed by atoms with Crippen LogP contribution in [0.2, 0.25) is 0 Å². The number of likely N-dealkylation sites (tertiary alicyclic amines) is 1. The molecule has 2 N–H and O–H groups in total. The lowest BCUT2D eigenvalue weighted by Crippen LogP contribution is -2.37. The van der Waals surface area contributed by atoms with Crippen molar-refractivity contribution in [3.05, 3.63) is 34.3 Å². The number of hydrogen-bond donors (Lipinski definition) is 1. The van der Waals surface area contributed by atoms with E-state index in [1.165, 1.54) is 0 Å². The van der Waals surface area contributed by atoms with Gasteiger partial charge in [0.15, 0.2) is 0 Å². The number of amides is 2. The summed E-state index contributed by atoms with van der Waals surface area (Å²) >= 11 is 3.41. The summed E-state index contributed by atoms with van der Waals surface area (Å²) in [6, 6.07) is 8.06. The highest BCUT2D eigenvalue weighted by Crippen LogP contribution is 2.53. The first kappa shape index (κ1) is 12.7. The van der Waals surface area contributed by atoms with Gasteiger partial charge in [0.05, 0.1) is 11.5 Å². The van der Waals surface area contributed by atoms with Gasteiger partial charge in [-0.3, -0.25) is 9.59 Å². The number of primary amides is 1. The Morgan fingerprint density at radius 2 is 1.95 bits per heavy atom. The van der Waals surface area contributed by atoms with Crippen LogP contribution in [0.25, 0.3) is 0 Å². The molecule has 0 spiro atoms. The maximum Gasteiger partial charge on any atom is 0.224 e. The predicted molar refractivity (Wildman–Crippen MR) is 74.1 cm³/mol. The second kappa shape index (κ2) is 4.34. The first-order valence-electron chi connectivity index (χ1n) is 6.39. The van der Waals surface area contributed by atoms with Gasteiger partial charge in [-0.1, -0.05) is 28.1 Å². The zero-order chi connectivity index (χ0) is 13.6. The molecular formula is C14H15BrN2O2. The molecule has 0 radical (unpaired) electrons. The molecule has 1 saturated heterocycles. The van der Waals surface area contributed by atoms with E-state index in [0.29, 0.717) is 6.54 Å². The molecule has 2 fully saturated rings. The van der Waals surface area contributed by atoms with Gasteiger partial charge in [-0.2, -0.15) is 0 Å². The van der Waals surface area contributed by atoms with Gasteiger partial charge in [0.1, 0.15) is 0 Å². The van der Waals surface area contributed by atoms with E-state index >= 15 is 0 Å². The number of carbonyl (C=O) groups is 2. The number of nitrogens with two attached hydrogens (primary N) is 1. The molecule has 2 amide bonds. The first-order valence-corrected chi connectivity index (χ1v) is 7.18. The minimum absolute atomic E-state index is 0.0456. The number of rotatable bonds is 3. The summed E-state index contributed by atoms with van der Waals surface area (Å²) in [6.45, 7) is 0.463. The number of carbonyl (C=O) groups excluding carboxylic acids is 2. The second-order valence-electron chi connectivity index (χ2n) is 5.35. The zero-order valence-corrected chi connectivity index (χ0v) is 12.0. The Hall–Kier alpha value is -1.36. The van der Waals surface area contributed by atoms with Crippen LogP contribution in [-0.2, 0) is 15.1 Å². The molecule has 4 nitrogen and oxygen atoms in total. The van der Waals surface area contributed by atoms with Gasteiger partial charge in [0.25, 0.3) is 0 Å². The molecule has 1 aliphatic carbocycles. The Bertz CT molecular complexity index is 537. The Morgan fingerprint density at radius 1 is 1.32 bits per heavy atom. The molecular weight excluding hydrogens is 308 g/mol. The molecule has 3 rings (SSSR count). The fraction of sp³-hybridized carbons (Fsp3) is 0.429. The topological polar surface area (TPSA) is 63.4 Å². The van der Waals surface area contributed by atoms with E-state index in [1.54, 1.807) is 0 Å². The van der Waals surface area contributed by atoms with Crippen molar-refractivity contribution in [1.29, 1.82) is 0 Å². The van der Waals surface area contributed by atoms with Gasteiger partial charge < -0.3 is 10.6 Å². The molecule has 1 aromatic carbocycles. The van der Waals surface area contributed by atoms with Crippen LogP contribution in [0, 0.1) is 5.92 Å². The summed E-state index contributed by atoms with van der Waals surface area (Å²) in [5.74, 6) is -0.660. The number of hydrogen-bond acceptors (Lipinski definition) is 2. The average Bonchev–Trinajstić information content (AvgIpc) is 3.07. The van der Waals surface area contributed by atoms with E-state index in [4.69, 9.17) is 5.73 Å². The van der Waals surface area contributed by atoms with Crippen LogP contribution >= 0.6 is 15.9 Å². The fourth-order valence-electron chi connectivity index (χ4n) is 2.90. The Kier molecular flexibility index (Phi) is 2.89. The summed E-state index contributed by atoms with van der Waals surface area (Å²) in [5.41, 5.74) is 6.28. The SMILES string of the molecule is NC(=O)C1CC(=O)N(C2(c3ccc(Br)cc3)CC2)C1. The maximum absolute atomic E-state index is 12.1. The molecule has 2 aliphatic rings. The third kappa shape index (κ3) is 2.06. The van der Waals surface area contributed by atoms with Crippen molar-refractivity contribution in [3.63, 3.8) is 0 Å². The van der Waals surface area contributed by atoms with Crippen molar-refractivity contribution in [2.24, 2.45) is 11.7 Å². The Labute approximate surface area is 120 Å². The van der Waals surface area contributed by atoms with E-state index in [1.807, 2.05) is 29.2 Å². The van der Waals surface area contributed by atoms with Crippen LogP contribution in [0.5, 0.6) is 0 Å². The van der Waals surface area contributed by atoms with E-state index in [9.17, 15) is 9.59 Å². The minimum atomic E-state index is -0.373. The normalized spacial score (nSPS) is 24.6. The lowest BCUT2D eigenvalue weighted by atomic mass is 10.0. The highest BCUT2D eigenvalue weighted by molar-refractivity contribution is 9.10. The van der Waals surface area contributed by atoms with E-state index in [2.05, 4.69) is 15.9 Å². The van der Waals surface area contributed by atoms with E-state index in [-0.39, 0.29) is 29.7 Å². The van der Waals surface area contributed by atoms with Gasteiger partial charge in [0, 0.05) is 17.4 Å². The second-order valence-corrected chi connectivity index (χ2v) is 6.26. The number of benzene rings is 1. The highest BCUT2D eigenvalue weighted by Gasteiger charge is 2.54. The average molecular weight is 323 g/mol. The van der Waals surface area contributed by atoms with Crippen molar-refractivity contribution in [1.82, 2.24) is 4.90 Å². The molecule has 19 heavy (non-hydrogen) atoms. The summed E-state index contributed by atoms with van der Waals surface area (Å²) in [7, 11) is 0. The van der Waals surface area contributed by atoms with Crippen LogP contribution in [0.15, 0.2) is 28.7 Å². The lowest BCUT2D eigenvalue weighted by molar-refractivity contribution is -0.131. The summed E-state index contributed by atoms with van der Waals surface area (Å²) < 4.78 is 1.02. The Balaban J connectivity index is 1.87. The van der Waals surface area contributed by atoms with Crippen LogP contribution in [-0.4, -0.2) is 23.3 Å². The van der Waals surface area contributed by atoms with Crippen molar-refractivity contribution in [2.75, 3.05) is 6.54 Å². The fourth-order valence-corrected chi connectivity index (χ4v) is 3.17. The summed E-state index contributed by atoms with van der Waals surface area (Å²) in [5, 5.41) is 0. The third-order valence-electron chi connectivity index (χ3n) is 4.15. The molecule has 1 saturated carbocycles. The smallest absolute Gasteiger partial charge is 0.224 e. The lowest BCUT2D eigenvalue weighted by Gasteiger charge is -2.28. The number of halogens is 1. The molecule has 1 aliphatic heterocycles. The van der Waals surface area contributed by atoms with Crippen molar-refractivity contribution < 1.29 is 9.59 Å². The van der Waals surface area contributed by atoms with Crippen molar-refractivity contribution in [2.45, 2.75) is 24.8 Å². The summed E-state index contributed by atoms with van der Waals surface area (Å²) in [6.07, 6.45) is 2.19. The van der Waals surface area contributed by atoms with Gasteiger partial charge in [-0.15, -0.1) is 0 Å². The van der Waals surface area contributed by atoms with Crippen LogP contribution in [0.4, 0.5) is 0 Å². The molecule has 1 heterocycles. The van der Waals surface area contributed by atoms with Gasteiger partial charge >= 0.3 is 0 Å². The van der Waals surface area contributed by atoms with E-state index < -0.39 is 0 Å². The zero-order valence-electron chi connectivity index (χ0n) is 10.4. The molecule has 1 aromatic rings. The monoisotopic (exact) mass is 322 g/mol. The Morgan fingerprint density at radius 3 is 2.42 bits per heavy atom. The molecule has 1 atom stereocenters. The number of nitrogens with zero attached hydrogens (tertiary/aromatic N) is 1. The quantitative estimate of drug-likeness (QED) is 0.921. The van der Waals surface area contributed by atoms with Crippen LogP contribution in [0.1, 0.15) is 24.8 Å². The van der Waals surface area contributed by atoms with Crippen molar-refractivity contribution >= 4 is 27.7 Å². The largest absolute Gasteiger partial charge is 0.369 e. The van der Waals surface area contributed by atoms with Gasteiger partial charge in [-0.25, -0.2) is 0 Å². The highest BCUT2D eigenvalue weighted by atomic mass is 79.9. The van der Waals surface area contributed by atoms with Crippen LogP contribution < -0.4 is 5.73 Å². The van der Waals surface area contributed by atoms with Gasteiger partial charge in [0.2, 0.25) is 11.8 Å². The molecule has 0 aromatic heterocycles.